The van der Waals surface area contributed by atoms with E-state index in [2.05, 4.69) is 6.92 Å². The van der Waals surface area contributed by atoms with Gasteiger partial charge in [-0.3, -0.25) is 4.79 Å². The molecule has 0 N–H and O–H groups in total. The molecule has 0 amide bonds. The highest BCUT2D eigenvalue weighted by Crippen LogP contribution is 2.18. The van der Waals surface area contributed by atoms with Gasteiger partial charge in [-0.2, -0.15) is 0 Å². The molecule has 0 aliphatic heterocycles. The summed E-state index contributed by atoms with van der Waals surface area (Å²) in [6, 6.07) is 0. The molecule has 0 fully saturated rings. The van der Waals surface area contributed by atoms with Crippen LogP contribution in [0.3, 0.4) is 0 Å². The van der Waals surface area contributed by atoms with Crippen LogP contribution in [-0.4, -0.2) is 18.9 Å². The zero-order valence-corrected chi connectivity index (χ0v) is 10.7. The standard InChI is InChI=1S/C13H24O3/c1-4-6-7-8-9-12(10-14)11(3)13(15)16-5-2/h10-12H,4-9H2,1-3H3. The molecule has 0 bridgehead atoms. The molecule has 0 aromatic rings. The Bertz CT molecular complexity index is 201. The highest BCUT2D eigenvalue weighted by atomic mass is 16.5. The fourth-order valence-corrected chi connectivity index (χ4v) is 1.69. The van der Waals surface area contributed by atoms with Crippen LogP contribution in [0.2, 0.25) is 0 Å². The van der Waals surface area contributed by atoms with Crippen LogP contribution in [0, 0.1) is 11.8 Å². The summed E-state index contributed by atoms with van der Waals surface area (Å²) in [6.07, 6.45) is 6.22. The number of carbonyl (C=O) groups is 2. The third kappa shape index (κ3) is 5.89. The Morgan fingerprint density at radius 3 is 2.44 bits per heavy atom. The van der Waals surface area contributed by atoms with E-state index in [4.69, 9.17) is 4.74 Å². The molecule has 0 spiro atoms. The Kier molecular flexibility index (Phi) is 8.87. The third-order valence-corrected chi connectivity index (χ3v) is 2.87. The molecule has 94 valence electrons. The summed E-state index contributed by atoms with van der Waals surface area (Å²) in [5.74, 6) is -0.745. The van der Waals surface area contributed by atoms with Gasteiger partial charge in [0.2, 0.25) is 0 Å². The van der Waals surface area contributed by atoms with E-state index in [0.717, 1.165) is 25.5 Å². The summed E-state index contributed by atoms with van der Waals surface area (Å²) in [5, 5.41) is 0. The lowest BCUT2D eigenvalue weighted by molar-refractivity contribution is -0.150. The van der Waals surface area contributed by atoms with Crippen LogP contribution in [0.1, 0.15) is 52.9 Å². The maximum Gasteiger partial charge on any atom is 0.309 e. The number of hydrogen-bond donors (Lipinski definition) is 0. The Balaban J connectivity index is 3.96. The topological polar surface area (TPSA) is 43.4 Å². The zero-order valence-electron chi connectivity index (χ0n) is 10.7. The smallest absolute Gasteiger partial charge is 0.309 e. The van der Waals surface area contributed by atoms with Gasteiger partial charge in [0.1, 0.15) is 6.29 Å². The van der Waals surface area contributed by atoms with Crippen molar-refractivity contribution < 1.29 is 14.3 Å². The van der Waals surface area contributed by atoms with E-state index < -0.39 is 0 Å². The molecular weight excluding hydrogens is 204 g/mol. The van der Waals surface area contributed by atoms with Gasteiger partial charge in [0.15, 0.2) is 0 Å². The van der Waals surface area contributed by atoms with Crippen LogP contribution in [0.15, 0.2) is 0 Å². The first-order valence-corrected chi connectivity index (χ1v) is 6.29. The SMILES string of the molecule is CCCCCCC(C=O)C(C)C(=O)OCC. The van der Waals surface area contributed by atoms with Crippen molar-refractivity contribution in [1.29, 1.82) is 0 Å². The van der Waals surface area contributed by atoms with Crippen LogP contribution in [-0.2, 0) is 14.3 Å². The van der Waals surface area contributed by atoms with E-state index in [9.17, 15) is 9.59 Å². The van der Waals surface area contributed by atoms with Crippen molar-refractivity contribution in [1.82, 2.24) is 0 Å². The van der Waals surface area contributed by atoms with Crippen molar-refractivity contribution in [3.05, 3.63) is 0 Å². The molecule has 3 nitrogen and oxygen atoms in total. The van der Waals surface area contributed by atoms with Crippen LogP contribution in [0.25, 0.3) is 0 Å². The molecular formula is C13H24O3. The second kappa shape index (κ2) is 9.37. The predicted molar refractivity (Wildman–Crippen MR) is 64.1 cm³/mol. The molecule has 0 aromatic heterocycles. The van der Waals surface area contributed by atoms with Gasteiger partial charge in [0, 0.05) is 5.92 Å². The molecule has 0 radical (unpaired) electrons. The van der Waals surface area contributed by atoms with Crippen molar-refractivity contribution in [3.63, 3.8) is 0 Å². The summed E-state index contributed by atoms with van der Waals surface area (Å²) < 4.78 is 4.92. The molecule has 0 aliphatic carbocycles. The largest absolute Gasteiger partial charge is 0.466 e. The van der Waals surface area contributed by atoms with Gasteiger partial charge in [-0.1, -0.05) is 39.5 Å². The fraction of sp³-hybridized carbons (Fsp3) is 0.846. The van der Waals surface area contributed by atoms with Crippen molar-refractivity contribution in [2.24, 2.45) is 11.8 Å². The summed E-state index contributed by atoms with van der Waals surface area (Å²) in [7, 11) is 0. The number of hydrogen-bond acceptors (Lipinski definition) is 3. The number of esters is 1. The highest BCUT2D eigenvalue weighted by Gasteiger charge is 2.24. The zero-order chi connectivity index (χ0) is 12.4. The molecule has 0 aliphatic rings. The van der Waals surface area contributed by atoms with E-state index in [-0.39, 0.29) is 17.8 Å². The first-order valence-electron chi connectivity index (χ1n) is 6.29. The second-order valence-corrected chi connectivity index (χ2v) is 4.19. The number of carbonyl (C=O) groups excluding carboxylic acids is 2. The van der Waals surface area contributed by atoms with Gasteiger partial charge in [0.25, 0.3) is 0 Å². The monoisotopic (exact) mass is 228 g/mol. The highest BCUT2D eigenvalue weighted by molar-refractivity contribution is 5.76. The molecule has 0 heterocycles. The van der Waals surface area contributed by atoms with Gasteiger partial charge < -0.3 is 9.53 Å². The minimum absolute atomic E-state index is 0.184. The fourth-order valence-electron chi connectivity index (χ4n) is 1.69. The van der Waals surface area contributed by atoms with Crippen LogP contribution >= 0.6 is 0 Å². The molecule has 0 rings (SSSR count). The van der Waals surface area contributed by atoms with Gasteiger partial charge in [-0.25, -0.2) is 0 Å². The van der Waals surface area contributed by atoms with E-state index in [1.54, 1.807) is 13.8 Å². The third-order valence-electron chi connectivity index (χ3n) is 2.87. The Labute approximate surface area is 98.6 Å². The summed E-state index contributed by atoms with van der Waals surface area (Å²) >= 11 is 0. The van der Waals surface area contributed by atoms with E-state index in [1.165, 1.54) is 12.8 Å². The van der Waals surface area contributed by atoms with Crippen molar-refractivity contribution in [2.45, 2.75) is 52.9 Å². The molecule has 0 saturated heterocycles. The van der Waals surface area contributed by atoms with Crippen molar-refractivity contribution in [3.8, 4) is 0 Å². The average Bonchev–Trinajstić information content (AvgIpc) is 2.29. The molecule has 0 saturated carbocycles. The minimum atomic E-state index is -0.306. The number of aldehydes is 1. The van der Waals surface area contributed by atoms with E-state index in [1.807, 2.05) is 0 Å². The lowest BCUT2D eigenvalue weighted by Crippen LogP contribution is -2.24. The summed E-state index contributed by atoms with van der Waals surface area (Å²) in [5.41, 5.74) is 0. The minimum Gasteiger partial charge on any atom is -0.466 e. The molecule has 2 atom stereocenters. The van der Waals surface area contributed by atoms with Gasteiger partial charge in [-0.05, 0) is 13.3 Å². The van der Waals surface area contributed by atoms with Crippen LogP contribution in [0.5, 0.6) is 0 Å². The van der Waals surface area contributed by atoms with Gasteiger partial charge in [-0.15, -0.1) is 0 Å². The van der Waals surface area contributed by atoms with E-state index >= 15 is 0 Å². The van der Waals surface area contributed by atoms with Crippen LogP contribution < -0.4 is 0 Å². The maximum absolute atomic E-state index is 11.5. The normalized spacial score (nSPS) is 14.2. The lowest BCUT2D eigenvalue weighted by atomic mass is 9.90. The first kappa shape index (κ1) is 15.1. The summed E-state index contributed by atoms with van der Waals surface area (Å²) in [4.78, 5) is 22.4. The molecule has 0 aromatic carbocycles. The summed E-state index contributed by atoms with van der Waals surface area (Å²) in [6.45, 7) is 6.09. The predicted octanol–water partition coefficient (Wildman–Crippen LogP) is 2.97. The van der Waals surface area contributed by atoms with Crippen molar-refractivity contribution in [2.75, 3.05) is 6.61 Å². The van der Waals surface area contributed by atoms with Gasteiger partial charge >= 0.3 is 5.97 Å². The number of unbranched alkanes of at least 4 members (excludes halogenated alkanes) is 3. The average molecular weight is 228 g/mol. The van der Waals surface area contributed by atoms with E-state index in [0.29, 0.717) is 6.61 Å². The Hall–Kier alpha value is -0.860. The first-order chi connectivity index (χ1) is 7.67. The molecule has 2 unspecified atom stereocenters. The molecule has 3 heteroatoms. The Morgan fingerprint density at radius 1 is 1.25 bits per heavy atom. The lowest BCUT2D eigenvalue weighted by Gasteiger charge is -2.16. The molecule has 16 heavy (non-hydrogen) atoms. The Morgan fingerprint density at radius 2 is 1.94 bits per heavy atom. The van der Waals surface area contributed by atoms with Crippen LogP contribution in [0.4, 0.5) is 0 Å². The second-order valence-electron chi connectivity index (χ2n) is 4.19. The quantitative estimate of drug-likeness (QED) is 0.346. The number of ether oxygens (including phenoxy) is 1. The number of rotatable bonds is 9. The van der Waals surface area contributed by atoms with Gasteiger partial charge in [0.05, 0.1) is 12.5 Å². The van der Waals surface area contributed by atoms with Crippen molar-refractivity contribution >= 4 is 12.3 Å². The maximum atomic E-state index is 11.5.